The molecule has 1 rings (SSSR count). The number of nitro groups is 1. The lowest BCUT2D eigenvalue weighted by molar-refractivity contribution is -0.384. The van der Waals surface area contributed by atoms with E-state index in [1.54, 1.807) is 6.92 Å². The minimum absolute atomic E-state index is 0.114. The third kappa shape index (κ3) is 2.30. The zero-order valence-electron chi connectivity index (χ0n) is 7.56. The molecule has 1 heterocycles. The summed E-state index contributed by atoms with van der Waals surface area (Å²) in [7, 11) is 0. The maximum Gasteiger partial charge on any atom is 0.278 e. The first-order chi connectivity index (χ1) is 6.67. The van der Waals surface area contributed by atoms with Crippen LogP contribution >= 0.6 is 0 Å². The van der Waals surface area contributed by atoms with Gasteiger partial charge in [0.05, 0.1) is 23.7 Å². The summed E-state index contributed by atoms with van der Waals surface area (Å²) < 4.78 is 5.03. The van der Waals surface area contributed by atoms with Crippen molar-refractivity contribution in [2.24, 2.45) is 5.84 Å². The second-order valence-corrected chi connectivity index (χ2v) is 2.38. The van der Waals surface area contributed by atoms with Gasteiger partial charge in [0.15, 0.2) is 5.82 Å². The molecule has 1 aromatic heterocycles. The molecular weight excluding hydrogens is 188 g/mol. The molecule has 0 saturated carbocycles. The van der Waals surface area contributed by atoms with Crippen LogP contribution in [0.4, 0.5) is 11.5 Å². The Kier molecular flexibility index (Phi) is 3.19. The molecule has 0 unspecified atom stereocenters. The number of nitrogens with two attached hydrogens (primary N) is 1. The molecule has 0 fully saturated rings. The number of nitrogens with zero attached hydrogens (tertiary/aromatic N) is 2. The van der Waals surface area contributed by atoms with Gasteiger partial charge in [0.1, 0.15) is 0 Å². The highest BCUT2D eigenvalue weighted by atomic mass is 16.6. The van der Waals surface area contributed by atoms with Crippen molar-refractivity contribution in [3.63, 3.8) is 0 Å². The molecular formula is C7H10N4O3. The van der Waals surface area contributed by atoms with Crippen LogP contribution in [0.25, 0.3) is 0 Å². The van der Waals surface area contributed by atoms with Crippen LogP contribution in [0.3, 0.4) is 0 Å². The summed E-state index contributed by atoms with van der Waals surface area (Å²) in [5.41, 5.74) is 2.11. The Bertz CT molecular complexity index is 342. The van der Waals surface area contributed by atoms with Crippen molar-refractivity contribution in [3.05, 3.63) is 22.2 Å². The predicted molar refractivity (Wildman–Crippen MR) is 49.9 cm³/mol. The van der Waals surface area contributed by atoms with Gasteiger partial charge in [0.2, 0.25) is 5.88 Å². The second kappa shape index (κ2) is 4.38. The molecule has 7 nitrogen and oxygen atoms in total. The SMILES string of the molecule is CCOc1cc([N+](=O)[O-])cc(NN)n1. The first-order valence-corrected chi connectivity index (χ1v) is 3.93. The van der Waals surface area contributed by atoms with E-state index in [-0.39, 0.29) is 17.4 Å². The Morgan fingerprint density at radius 3 is 2.93 bits per heavy atom. The van der Waals surface area contributed by atoms with Crippen molar-refractivity contribution in [2.45, 2.75) is 6.92 Å². The Labute approximate surface area is 80.0 Å². The van der Waals surface area contributed by atoms with Crippen molar-refractivity contribution in [2.75, 3.05) is 12.0 Å². The first kappa shape index (κ1) is 10.2. The number of ether oxygens (including phenoxy) is 1. The fourth-order valence-electron chi connectivity index (χ4n) is 0.893. The third-order valence-corrected chi connectivity index (χ3v) is 1.44. The summed E-state index contributed by atoms with van der Waals surface area (Å²) >= 11 is 0. The average Bonchev–Trinajstić information content (AvgIpc) is 2.17. The van der Waals surface area contributed by atoms with Crippen LogP contribution in [0.15, 0.2) is 12.1 Å². The van der Waals surface area contributed by atoms with Gasteiger partial charge in [-0.25, -0.2) is 5.84 Å². The van der Waals surface area contributed by atoms with E-state index in [4.69, 9.17) is 10.6 Å². The quantitative estimate of drug-likeness (QED) is 0.418. The highest BCUT2D eigenvalue weighted by Gasteiger charge is 2.10. The lowest BCUT2D eigenvalue weighted by Gasteiger charge is -2.04. The van der Waals surface area contributed by atoms with Crippen LogP contribution < -0.4 is 16.0 Å². The molecule has 0 saturated heterocycles. The predicted octanol–water partition coefficient (Wildman–Crippen LogP) is 0.674. The van der Waals surface area contributed by atoms with Gasteiger partial charge in [-0.1, -0.05) is 0 Å². The van der Waals surface area contributed by atoms with E-state index in [2.05, 4.69) is 10.4 Å². The topological polar surface area (TPSA) is 103 Å². The van der Waals surface area contributed by atoms with Gasteiger partial charge in [-0.3, -0.25) is 10.1 Å². The number of hydrogen-bond acceptors (Lipinski definition) is 6. The lowest BCUT2D eigenvalue weighted by Crippen LogP contribution is -2.09. The minimum Gasteiger partial charge on any atom is -0.478 e. The Morgan fingerprint density at radius 1 is 1.71 bits per heavy atom. The van der Waals surface area contributed by atoms with Gasteiger partial charge >= 0.3 is 0 Å². The fraction of sp³-hybridized carbons (Fsp3) is 0.286. The zero-order valence-corrected chi connectivity index (χ0v) is 7.56. The molecule has 0 aromatic carbocycles. The van der Waals surface area contributed by atoms with Crippen molar-refractivity contribution in [1.29, 1.82) is 0 Å². The molecule has 0 aliphatic heterocycles. The van der Waals surface area contributed by atoms with Gasteiger partial charge in [-0.2, -0.15) is 4.98 Å². The molecule has 1 aromatic rings. The van der Waals surface area contributed by atoms with Crippen molar-refractivity contribution >= 4 is 11.5 Å². The summed E-state index contributed by atoms with van der Waals surface area (Å²) in [6.45, 7) is 2.15. The average molecular weight is 198 g/mol. The number of anilines is 1. The number of pyridine rings is 1. The van der Waals surface area contributed by atoms with Crippen LogP contribution in [0, 0.1) is 10.1 Å². The highest BCUT2D eigenvalue weighted by molar-refractivity contribution is 5.47. The van der Waals surface area contributed by atoms with Crippen LogP contribution in [0.2, 0.25) is 0 Å². The van der Waals surface area contributed by atoms with Crippen molar-refractivity contribution < 1.29 is 9.66 Å². The smallest absolute Gasteiger partial charge is 0.278 e. The number of hydrazine groups is 1. The van der Waals surface area contributed by atoms with E-state index in [0.717, 1.165) is 0 Å². The van der Waals surface area contributed by atoms with Crippen LogP contribution in [0.5, 0.6) is 5.88 Å². The molecule has 0 spiro atoms. The summed E-state index contributed by atoms with van der Waals surface area (Å²) in [6.07, 6.45) is 0. The highest BCUT2D eigenvalue weighted by Crippen LogP contribution is 2.21. The first-order valence-electron chi connectivity index (χ1n) is 3.93. The number of rotatable bonds is 4. The molecule has 0 bridgehead atoms. The monoisotopic (exact) mass is 198 g/mol. The summed E-state index contributed by atoms with van der Waals surface area (Å²) in [4.78, 5) is 13.8. The minimum atomic E-state index is -0.537. The van der Waals surface area contributed by atoms with E-state index in [9.17, 15) is 10.1 Å². The van der Waals surface area contributed by atoms with Crippen molar-refractivity contribution in [1.82, 2.24) is 4.98 Å². The van der Waals surface area contributed by atoms with Gasteiger partial charge in [0, 0.05) is 0 Å². The second-order valence-electron chi connectivity index (χ2n) is 2.38. The number of nitrogen functional groups attached to an aromatic ring is 1. The Balaban J connectivity index is 3.06. The third-order valence-electron chi connectivity index (χ3n) is 1.44. The van der Waals surface area contributed by atoms with Crippen LogP contribution in [-0.2, 0) is 0 Å². The number of nitrogens with one attached hydrogen (secondary N) is 1. The molecule has 0 aliphatic rings. The molecule has 76 valence electrons. The molecule has 0 aliphatic carbocycles. The molecule has 0 amide bonds. The van der Waals surface area contributed by atoms with Crippen molar-refractivity contribution in [3.8, 4) is 5.88 Å². The molecule has 0 radical (unpaired) electrons. The van der Waals surface area contributed by atoms with E-state index in [1.165, 1.54) is 12.1 Å². The van der Waals surface area contributed by atoms with E-state index >= 15 is 0 Å². The fourth-order valence-corrected chi connectivity index (χ4v) is 0.893. The van der Waals surface area contributed by atoms with Gasteiger partial charge in [-0.15, -0.1) is 0 Å². The summed E-state index contributed by atoms with van der Waals surface area (Å²) in [5, 5.41) is 10.5. The van der Waals surface area contributed by atoms with Gasteiger partial charge in [0.25, 0.3) is 5.69 Å². The zero-order chi connectivity index (χ0) is 10.6. The molecule has 0 atom stereocenters. The van der Waals surface area contributed by atoms with Crippen LogP contribution in [0.1, 0.15) is 6.92 Å². The molecule has 14 heavy (non-hydrogen) atoms. The Hall–Kier alpha value is -1.89. The normalized spacial score (nSPS) is 9.57. The maximum atomic E-state index is 10.5. The van der Waals surface area contributed by atoms with E-state index < -0.39 is 4.92 Å². The summed E-state index contributed by atoms with van der Waals surface area (Å²) in [6, 6.07) is 2.47. The number of hydrogen-bond donors (Lipinski definition) is 2. The number of aromatic nitrogens is 1. The van der Waals surface area contributed by atoms with Gasteiger partial charge in [-0.05, 0) is 6.92 Å². The summed E-state index contributed by atoms with van der Waals surface area (Å²) in [5.74, 6) is 5.47. The standard InChI is InChI=1S/C7H10N4O3/c1-2-14-7-4-5(11(12)13)3-6(9-7)10-8/h3-4H,2,8H2,1H3,(H,9,10). The largest absolute Gasteiger partial charge is 0.478 e. The van der Waals surface area contributed by atoms with Crippen LogP contribution in [-0.4, -0.2) is 16.5 Å². The lowest BCUT2D eigenvalue weighted by atomic mass is 10.4. The van der Waals surface area contributed by atoms with Gasteiger partial charge < -0.3 is 10.2 Å². The maximum absolute atomic E-state index is 10.5. The molecule has 7 heteroatoms. The van der Waals surface area contributed by atoms with E-state index in [0.29, 0.717) is 6.61 Å². The Morgan fingerprint density at radius 2 is 2.43 bits per heavy atom. The van der Waals surface area contributed by atoms with E-state index in [1.807, 2.05) is 0 Å². The molecule has 3 N–H and O–H groups in total.